The standard InChI is InChI=1S/C15H23BrN2O/c1-18(12-13-6-8-17-9-7-13)10-11-19-15-4-2-14(16)3-5-15/h2-5,13,17H,6-12H2,1H3. The number of ether oxygens (including phenoxy) is 1. The van der Waals surface area contributed by atoms with Crippen LogP contribution in [0.2, 0.25) is 0 Å². The van der Waals surface area contributed by atoms with Crippen molar-refractivity contribution in [3.05, 3.63) is 28.7 Å². The molecule has 0 amide bonds. The molecule has 0 atom stereocenters. The fourth-order valence-electron chi connectivity index (χ4n) is 2.45. The van der Waals surface area contributed by atoms with E-state index in [0.29, 0.717) is 0 Å². The summed E-state index contributed by atoms with van der Waals surface area (Å²) >= 11 is 3.42. The molecule has 1 aliphatic heterocycles. The molecule has 0 aliphatic carbocycles. The normalized spacial score (nSPS) is 16.8. The largest absolute Gasteiger partial charge is 0.492 e. The second kappa shape index (κ2) is 7.88. The lowest BCUT2D eigenvalue weighted by molar-refractivity contribution is 0.199. The number of halogens is 1. The van der Waals surface area contributed by atoms with Gasteiger partial charge in [0.1, 0.15) is 12.4 Å². The van der Waals surface area contributed by atoms with E-state index in [-0.39, 0.29) is 0 Å². The van der Waals surface area contributed by atoms with Gasteiger partial charge in [-0.15, -0.1) is 0 Å². The minimum atomic E-state index is 0.753. The van der Waals surface area contributed by atoms with E-state index in [1.807, 2.05) is 24.3 Å². The van der Waals surface area contributed by atoms with Gasteiger partial charge in [-0.05, 0) is 63.2 Å². The summed E-state index contributed by atoms with van der Waals surface area (Å²) in [5, 5.41) is 3.41. The van der Waals surface area contributed by atoms with Gasteiger partial charge < -0.3 is 15.0 Å². The number of nitrogens with one attached hydrogen (secondary N) is 1. The van der Waals surface area contributed by atoms with Crippen molar-refractivity contribution in [2.45, 2.75) is 12.8 Å². The highest BCUT2D eigenvalue weighted by Crippen LogP contribution is 2.16. The number of benzene rings is 1. The second-order valence-corrected chi connectivity index (χ2v) is 6.17. The van der Waals surface area contributed by atoms with E-state index in [0.717, 1.165) is 29.3 Å². The van der Waals surface area contributed by atoms with Gasteiger partial charge in [0.15, 0.2) is 0 Å². The Hall–Kier alpha value is -0.580. The zero-order valence-electron chi connectivity index (χ0n) is 11.6. The fraction of sp³-hybridized carbons (Fsp3) is 0.600. The van der Waals surface area contributed by atoms with Crippen LogP contribution in [-0.2, 0) is 0 Å². The van der Waals surface area contributed by atoms with Crippen LogP contribution in [0.1, 0.15) is 12.8 Å². The molecule has 1 aliphatic rings. The van der Waals surface area contributed by atoms with Gasteiger partial charge in [-0.1, -0.05) is 15.9 Å². The highest BCUT2D eigenvalue weighted by molar-refractivity contribution is 9.10. The second-order valence-electron chi connectivity index (χ2n) is 5.26. The molecule has 4 heteroatoms. The molecule has 0 saturated carbocycles. The first-order chi connectivity index (χ1) is 9.24. The van der Waals surface area contributed by atoms with E-state index in [4.69, 9.17) is 4.74 Å². The minimum Gasteiger partial charge on any atom is -0.492 e. The lowest BCUT2D eigenvalue weighted by Crippen LogP contribution is -2.36. The molecule has 2 rings (SSSR count). The molecule has 0 spiro atoms. The number of nitrogens with zero attached hydrogens (tertiary/aromatic N) is 1. The third kappa shape index (κ3) is 5.51. The molecule has 19 heavy (non-hydrogen) atoms. The molecular weight excluding hydrogens is 304 g/mol. The summed E-state index contributed by atoms with van der Waals surface area (Å²) in [7, 11) is 2.19. The number of likely N-dealkylation sites (N-methyl/N-ethyl adjacent to an activating group) is 1. The Kier molecular flexibility index (Phi) is 6.14. The maximum Gasteiger partial charge on any atom is 0.119 e. The molecule has 0 bridgehead atoms. The molecule has 0 aromatic heterocycles. The summed E-state index contributed by atoms with van der Waals surface area (Å²) in [4.78, 5) is 2.38. The first kappa shape index (κ1) is 14.8. The average molecular weight is 327 g/mol. The molecule has 0 unspecified atom stereocenters. The van der Waals surface area contributed by atoms with Crippen molar-refractivity contribution in [1.29, 1.82) is 0 Å². The van der Waals surface area contributed by atoms with Crippen LogP contribution in [0, 0.1) is 5.92 Å². The van der Waals surface area contributed by atoms with E-state index in [9.17, 15) is 0 Å². The van der Waals surface area contributed by atoms with Gasteiger partial charge in [0, 0.05) is 17.6 Å². The van der Waals surface area contributed by atoms with Crippen LogP contribution in [0.3, 0.4) is 0 Å². The smallest absolute Gasteiger partial charge is 0.119 e. The summed E-state index contributed by atoms with van der Waals surface area (Å²) in [6, 6.07) is 8.01. The topological polar surface area (TPSA) is 24.5 Å². The van der Waals surface area contributed by atoms with Crippen molar-refractivity contribution < 1.29 is 4.74 Å². The predicted molar refractivity (Wildman–Crippen MR) is 82.7 cm³/mol. The molecule has 0 radical (unpaired) electrons. The van der Waals surface area contributed by atoms with Gasteiger partial charge >= 0.3 is 0 Å². The maximum atomic E-state index is 5.75. The van der Waals surface area contributed by atoms with Crippen LogP contribution >= 0.6 is 15.9 Å². The van der Waals surface area contributed by atoms with Crippen LogP contribution < -0.4 is 10.1 Å². The lowest BCUT2D eigenvalue weighted by atomic mass is 9.98. The molecule has 1 aromatic rings. The van der Waals surface area contributed by atoms with Crippen molar-refractivity contribution in [1.82, 2.24) is 10.2 Å². The summed E-state index contributed by atoms with van der Waals surface area (Å²) in [5.41, 5.74) is 0. The number of piperidine rings is 1. The van der Waals surface area contributed by atoms with E-state index < -0.39 is 0 Å². The highest BCUT2D eigenvalue weighted by Gasteiger charge is 2.14. The average Bonchev–Trinajstić information content (AvgIpc) is 2.42. The molecular formula is C15H23BrN2O. The van der Waals surface area contributed by atoms with Gasteiger partial charge in [-0.2, -0.15) is 0 Å². The van der Waals surface area contributed by atoms with E-state index in [1.165, 1.54) is 32.5 Å². The molecule has 1 heterocycles. The Bertz CT molecular complexity index is 363. The predicted octanol–water partition coefficient (Wildman–Crippen LogP) is 2.76. The van der Waals surface area contributed by atoms with Crippen molar-refractivity contribution in [3.8, 4) is 5.75 Å². The molecule has 3 nitrogen and oxygen atoms in total. The number of rotatable bonds is 6. The van der Waals surface area contributed by atoms with Crippen molar-refractivity contribution >= 4 is 15.9 Å². The Morgan fingerprint density at radius 3 is 2.63 bits per heavy atom. The quantitative estimate of drug-likeness (QED) is 0.870. The van der Waals surface area contributed by atoms with Crippen LogP contribution in [0.5, 0.6) is 5.75 Å². The summed E-state index contributed by atoms with van der Waals surface area (Å²) in [6.07, 6.45) is 2.61. The van der Waals surface area contributed by atoms with Crippen LogP contribution in [-0.4, -0.2) is 44.7 Å². The number of hydrogen-bond acceptors (Lipinski definition) is 3. The van der Waals surface area contributed by atoms with E-state index in [2.05, 4.69) is 33.2 Å². The third-order valence-corrected chi connectivity index (χ3v) is 4.11. The van der Waals surface area contributed by atoms with Crippen LogP contribution in [0.4, 0.5) is 0 Å². The van der Waals surface area contributed by atoms with Gasteiger partial charge in [-0.3, -0.25) is 0 Å². The van der Waals surface area contributed by atoms with Gasteiger partial charge in [0.2, 0.25) is 0 Å². The summed E-state index contributed by atoms with van der Waals surface area (Å²) < 4.78 is 6.83. The molecule has 1 N–H and O–H groups in total. The zero-order valence-corrected chi connectivity index (χ0v) is 13.2. The highest BCUT2D eigenvalue weighted by atomic mass is 79.9. The summed E-state index contributed by atoms with van der Waals surface area (Å²) in [6.45, 7) is 5.27. The first-order valence-corrected chi connectivity index (χ1v) is 7.81. The Morgan fingerprint density at radius 1 is 1.26 bits per heavy atom. The van der Waals surface area contributed by atoms with Crippen molar-refractivity contribution in [3.63, 3.8) is 0 Å². The first-order valence-electron chi connectivity index (χ1n) is 7.01. The molecule has 1 fully saturated rings. The van der Waals surface area contributed by atoms with Gasteiger partial charge in [0.25, 0.3) is 0 Å². The van der Waals surface area contributed by atoms with Crippen molar-refractivity contribution in [2.24, 2.45) is 5.92 Å². The third-order valence-electron chi connectivity index (χ3n) is 3.58. The SMILES string of the molecule is CN(CCOc1ccc(Br)cc1)CC1CCNCC1. The fourth-order valence-corrected chi connectivity index (χ4v) is 2.71. The number of hydrogen-bond donors (Lipinski definition) is 1. The van der Waals surface area contributed by atoms with Gasteiger partial charge in [0.05, 0.1) is 0 Å². The Balaban J connectivity index is 1.63. The van der Waals surface area contributed by atoms with E-state index in [1.54, 1.807) is 0 Å². The Morgan fingerprint density at radius 2 is 1.95 bits per heavy atom. The zero-order chi connectivity index (χ0) is 13.5. The maximum absolute atomic E-state index is 5.75. The monoisotopic (exact) mass is 326 g/mol. The Labute approximate surface area is 124 Å². The molecule has 106 valence electrons. The van der Waals surface area contributed by atoms with Crippen LogP contribution in [0.25, 0.3) is 0 Å². The van der Waals surface area contributed by atoms with Crippen LogP contribution in [0.15, 0.2) is 28.7 Å². The lowest BCUT2D eigenvalue weighted by Gasteiger charge is -2.27. The van der Waals surface area contributed by atoms with E-state index >= 15 is 0 Å². The molecule has 1 aromatic carbocycles. The van der Waals surface area contributed by atoms with Gasteiger partial charge in [-0.25, -0.2) is 0 Å². The molecule has 1 saturated heterocycles. The summed E-state index contributed by atoms with van der Waals surface area (Å²) in [5.74, 6) is 1.79. The minimum absolute atomic E-state index is 0.753. The van der Waals surface area contributed by atoms with Crippen molar-refractivity contribution in [2.75, 3.05) is 39.8 Å².